The fourth-order valence-electron chi connectivity index (χ4n) is 5.53. The molecule has 1 aromatic carbocycles. The molecule has 0 N–H and O–H groups in total. The summed E-state index contributed by atoms with van der Waals surface area (Å²) in [6.45, 7) is 44.0. The Kier molecular flexibility index (Phi) is 9.53. The third-order valence-electron chi connectivity index (χ3n) is 6.85. The van der Waals surface area contributed by atoms with E-state index < -0.39 is 0 Å². The van der Waals surface area contributed by atoms with Crippen LogP contribution in [0.3, 0.4) is 0 Å². The Balaban J connectivity index is 3.95. The molecule has 0 saturated heterocycles. The summed E-state index contributed by atoms with van der Waals surface area (Å²) in [6, 6.07) is 5.31. The van der Waals surface area contributed by atoms with Gasteiger partial charge >= 0.3 is 0 Å². The van der Waals surface area contributed by atoms with E-state index in [1.165, 1.54) is 12.3 Å². The van der Waals surface area contributed by atoms with Crippen molar-refractivity contribution in [2.24, 2.45) is 0 Å². The van der Waals surface area contributed by atoms with Gasteiger partial charge in [-0.25, -0.2) is 0 Å². The van der Waals surface area contributed by atoms with Crippen LogP contribution in [0.4, 0.5) is 0 Å². The maximum Gasteiger partial charge on any atom is -0.00607 e. The summed E-state index contributed by atoms with van der Waals surface area (Å²) in [6.07, 6.45) is 2.45. The SMILES string of the molecule is CC(C)(C)c1cc(CP(C(C)(C)C)C(C)(C)C)c(CP(C(C)(C)C)C(C)(C)C)cc1C(C)(C)C. The molecule has 1 rings (SSSR count). The van der Waals surface area contributed by atoms with Crippen LogP contribution < -0.4 is 0 Å². The average molecular weight is 507 g/mol. The first-order chi connectivity index (χ1) is 14.7. The Morgan fingerprint density at radius 1 is 0.412 bits per heavy atom. The first-order valence-corrected chi connectivity index (χ1v) is 16.4. The first kappa shape index (κ1) is 32.1. The van der Waals surface area contributed by atoms with Crippen LogP contribution in [-0.4, -0.2) is 20.6 Å². The van der Waals surface area contributed by atoms with Crippen molar-refractivity contribution >= 4 is 15.8 Å². The van der Waals surface area contributed by atoms with Crippen LogP contribution in [0.1, 0.15) is 147 Å². The zero-order valence-corrected chi connectivity index (χ0v) is 28.3. The van der Waals surface area contributed by atoms with Gasteiger partial charge in [0.25, 0.3) is 0 Å². The molecule has 1 aromatic rings. The van der Waals surface area contributed by atoms with Gasteiger partial charge in [0.05, 0.1) is 0 Å². The van der Waals surface area contributed by atoms with Crippen LogP contribution in [0.5, 0.6) is 0 Å². The highest BCUT2D eigenvalue weighted by molar-refractivity contribution is 7.60. The first-order valence-electron chi connectivity index (χ1n) is 13.4. The molecule has 0 aliphatic carbocycles. The second-order valence-corrected chi connectivity index (χ2v) is 24.2. The average Bonchev–Trinajstić information content (AvgIpc) is 2.51. The summed E-state index contributed by atoms with van der Waals surface area (Å²) in [7, 11) is -0.390. The molecule has 0 unspecified atom stereocenters. The number of hydrogen-bond acceptors (Lipinski definition) is 0. The van der Waals surface area contributed by atoms with E-state index in [-0.39, 0.29) is 26.7 Å². The Morgan fingerprint density at radius 3 is 0.765 bits per heavy atom. The normalized spacial score (nSPS) is 14.9. The van der Waals surface area contributed by atoms with Gasteiger partial charge in [-0.2, -0.15) is 0 Å². The van der Waals surface area contributed by atoms with Crippen molar-refractivity contribution in [2.45, 2.75) is 168 Å². The molecule has 0 bridgehead atoms. The van der Waals surface area contributed by atoms with E-state index in [4.69, 9.17) is 0 Å². The van der Waals surface area contributed by atoms with E-state index in [0.717, 1.165) is 0 Å². The minimum Gasteiger partial charge on any atom is -0.0911 e. The summed E-state index contributed by atoms with van der Waals surface area (Å²) < 4.78 is 0. The van der Waals surface area contributed by atoms with Crippen LogP contribution in [0.15, 0.2) is 12.1 Å². The maximum absolute atomic E-state index is 2.65. The second kappa shape index (κ2) is 10.1. The number of rotatable bonds is 4. The van der Waals surface area contributed by atoms with E-state index in [0.29, 0.717) is 20.6 Å². The molecule has 0 amide bonds. The number of hydrogen-bond donors (Lipinski definition) is 0. The Hall–Kier alpha value is 0.0800. The van der Waals surface area contributed by atoms with Gasteiger partial charge in [-0.15, -0.1) is 0 Å². The molecule has 0 radical (unpaired) electrons. The van der Waals surface area contributed by atoms with Gasteiger partial charge in [0.2, 0.25) is 0 Å². The van der Waals surface area contributed by atoms with Crippen molar-refractivity contribution in [2.75, 3.05) is 0 Å². The molecule has 198 valence electrons. The van der Waals surface area contributed by atoms with Crippen LogP contribution in [0, 0.1) is 0 Å². The van der Waals surface area contributed by atoms with Crippen molar-refractivity contribution in [3.05, 3.63) is 34.4 Å². The topological polar surface area (TPSA) is 0 Å². The molecule has 0 saturated carbocycles. The summed E-state index contributed by atoms with van der Waals surface area (Å²) >= 11 is 0. The lowest BCUT2D eigenvalue weighted by Crippen LogP contribution is -2.28. The largest absolute Gasteiger partial charge is 0.0911 e. The molecule has 0 nitrogen and oxygen atoms in total. The highest BCUT2D eigenvalue weighted by atomic mass is 31.1. The minimum atomic E-state index is -0.195. The van der Waals surface area contributed by atoms with E-state index in [9.17, 15) is 0 Å². The third-order valence-corrected chi connectivity index (χ3v) is 14.6. The van der Waals surface area contributed by atoms with E-state index >= 15 is 0 Å². The Morgan fingerprint density at radius 2 is 0.618 bits per heavy atom. The van der Waals surface area contributed by atoms with Crippen molar-refractivity contribution < 1.29 is 0 Å². The molecule has 0 aromatic heterocycles. The second-order valence-electron chi connectivity index (χ2n) is 16.5. The van der Waals surface area contributed by atoms with Gasteiger partial charge in [0, 0.05) is 0 Å². The molecule has 2 heteroatoms. The van der Waals surface area contributed by atoms with Crippen LogP contribution in [0.2, 0.25) is 0 Å². The predicted octanol–water partition coefficient (Wildman–Crippen LogP) is 11.4. The van der Waals surface area contributed by atoms with Gasteiger partial charge in [-0.1, -0.05) is 153 Å². The highest BCUT2D eigenvalue weighted by Crippen LogP contribution is 2.64. The molecule has 0 heterocycles. The van der Waals surface area contributed by atoms with Gasteiger partial charge in [-0.3, -0.25) is 0 Å². The van der Waals surface area contributed by atoms with Gasteiger partial charge in [0.1, 0.15) is 0 Å². The maximum atomic E-state index is 2.65. The van der Waals surface area contributed by atoms with Crippen molar-refractivity contribution in [3.8, 4) is 0 Å². The zero-order chi connectivity index (χ0) is 27.3. The molecular formula is C32H60P2. The van der Waals surface area contributed by atoms with E-state index in [1.807, 2.05) is 0 Å². The summed E-state index contributed by atoms with van der Waals surface area (Å²) in [5, 5.41) is 1.31. The molecule has 0 aliphatic heterocycles. The van der Waals surface area contributed by atoms with Gasteiger partial charge in [0.15, 0.2) is 0 Å². The fraction of sp³-hybridized carbons (Fsp3) is 0.812. The van der Waals surface area contributed by atoms with Crippen LogP contribution in [0.25, 0.3) is 0 Å². The molecule has 0 fully saturated rings. The lowest BCUT2D eigenvalue weighted by atomic mass is 9.74. The van der Waals surface area contributed by atoms with E-state index in [1.54, 1.807) is 22.3 Å². The molecule has 0 aliphatic rings. The smallest absolute Gasteiger partial charge is 0.00607 e. The molecule has 0 atom stereocenters. The highest BCUT2D eigenvalue weighted by Gasteiger charge is 2.38. The van der Waals surface area contributed by atoms with Crippen LogP contribution >= 0.6 is 15.8 Å². The summed E-state index contributed by atoms with van der Waals surface area (Å²) in [5.41, 5.74) is 6.64. The van der Waals surface area contributed by atoms with Crippen molar-refractivity contribution in [3.63, 3.8) is 0 Å². The lowest BCUT2D eigenvalue weighted by molar-refractivity contribution is 0.529. The zero-order valence-electron chi connectivity index (χ0n) is 26.5. The number of benzene rings is 1. The van der Waals surface area contributed by atoms with Crippen molar-refractivity contribution in [1.29, 1.82) is 0 Å². The molecule has 0 spiro atoms. The summed E-state index contributed by atoms with van der Waals surface area (Å²) in [5.74, 6) is 0. The van der Waals surface area contributed by atoms with E-state index in [2.05, 4.69) is 137 Å². The molecule has 34 heavy (non-hydrogen) atoms. The van der Waals surface area contributed by atoms with Gasteiger partial charge in [-0.05, 0) is 66.0 Å². The predicted molar refractivity (Wildman–Crippen MR) is 164 cm³/mol. The minimum absolute atomic E-state index is 0.140. The van der Waals surface area contributed by atoms with Gasteiger partial charge < -0.3 is 0 Å². The lowest BCUT2D eigenvalue weighted by Gasteiger charge is -2.44. The monoisotopic (exact) mass is 506 g/mol. The Labute approximate surface area is 218 Å². The third kappa shape index (κ3) is 8.58. The fourth-order valence-corrected chi connectivity index (χ4v) is 12.7. The molecular weight excluding hydrogens is 446 g/mol. The summed E-state index contributed by atoms with van der Waals surface area (Å²) in [4.78, 5) is 0. The quantitative estimate of drug-likeness (QED) is 0.356. The Bertz CT molecular complexity index is 720. The van der Waals surface area contributed by atoms with Crippen molar-refractivity contribution in [1.82, 2.24) is 0 Å². The van der Waals surface area contributed by atoms with Crippen LogP contribution in [-0.2, 0) is 23.2 Å². The standard InChI is InChI=1S/C32H60P2/c1-27(2,3)25-19-23(21-33(29(7,8)9)30(10,11)12)24(20-26(25)28(4,5)6)22-34(31(13,14)15)32(16,17)18/h19-20H,21-22H2,1-18H3.